The Kier molecular flexibility index (Phi) is 3.30. The third-order valence-electron chi connectivity index (χ3n) is 1.86. The largest absolute Gasteiger partial charge is 0.481 e. The highest BCUT2D eigenvalue weighted by Crippen LogP contribution is 2.14. The Morgan fingerprint density at radius 3 is 2.93 bits per heavy atom. The van der Waals surface area contributed by atoms with Gasteiger partial charge in [0.05, 0.1) is 5.92 Å². The zero-order valence-corrected chi connectivity index (χ0v) is 7.38. The van der Waals surface area contributed by atoms with Crippen LogP contribution in [0.2, 0.25) is 0 Å². The number of aliphatic carboxylic acids is 1. The first-order valence-electron chi connectivity index (χ1n) is 4.03. The molecule has 0 radical (unpaired) electrons. The fourth-order valence-corrected chi connectivity index (χ4v) is 1.13. The van der Waals surface area contributed by atoms with Crippen LogP contribution >= 0.6 is 0 Å². The van der Waals surface area contributed by atoms with E-state index in [1.165, 1.54) is 12.3 Å². The molecule has 1 unspecified atom stereocenters. The second-order valence-corrected chi connectivity index (χ2v) is 2.76. The summed E-state index contributed by atoms with van der Waals surface area (Å²) in [7, 11) is 0. The molecular formula is C9H10N2O3. The highest BCUT2D eigenvalue weighted by Gasteiger charge is 2.17. The lowest BCUT2D eigenvalue weighted by Crippen LogP contribution is -2.21. The van der Waals surface area contributed by atoms with Crippen LogP contribution in [-0.2, 0) is 4.79 Å². The zero-order valence-electron chi connectivity index (χ0n) is 7.38. The number of carboxylic acids is 1. The smallest absolute Gasteiger partial charge is 0.312 e. The van der Waals surface area contributed by atoms with Crippen molar-refractivity contribution in [3.05, 3.63) is 29.6 Å². The van der Waals surface area contributed by atoms with Crippen molar-refractivity contribution in [3.8, 4) is 0 Å². The van der Waals surface area contributed by atoms with Gasteiger partial charge in [-0.25, -0.2) is 0 Å². The Bertz CT molecular complexity index is 352. The number of aldehydes is 1. The maximum atomic E-state index is 10.7. The Balaban J connectivity index is 3.03. The number of carbonyl (C=O) groups excluding carboxylic acids is 1. The van der Waals surface area contributed by atoms with Crippen molar-refractivity contribution in [1.29, 1.82) is 0 Å². The Labute approximate surface area is 80.6 Å². The average molecular weight is 194 g/mol. The molecule has 0 spiro atoms. The summed E-state index contributed by atoms with van der Waals surface area (Å²) in [5, 5.41) is 8.80. The molecule has 14 heavy (non-hydrogen) atoms. The van der Waals surface area contributed by atoms with Gasteiger partial charge in [0.2, 0.25) is 0 Å². The fourth-order valence-electron chi connectivity index (χ4n) is 1.13. The minimum atomic E-state index is -1.00. The van der Waals surface area contributed by atoms with Crippen LogP contribution in [0.3, 0.4) is 0 Å². The summed E-state index contributed by atoms with van der Waals surface area (Å²) in [4.78, 5) is 24.9. The molecule has 1 atom stereocenters. The van der Waals surface area contributed by atoms with Gasteiger partial charge in [-0.2, -0.15) is 0 Å². The maximum absolute atomic E-state index is 10.7. The number of rotatable bonds is 4. The molecular weight excluding hydrogens is 184 g/mol. The molecule has 0 aromatic carbocycles. The van der Waals surface area contributed by atoms with Crippen LogP contribution in [-0.4, -0.2) is 28.9 Å². The third kappa shape index (κ3) is 2.14. The van der Waals surface area contributed by atoms with Crippen molar-refractivity contribution in [3.63, 3.8) is 0 Å². The molecule has 1 aromatic heterocycles. The standard InChI is InChI=1S/C9H10N2O3/c10-4-8(9(13)14)6-1-2-11-7(3-6)5-12/h1-3,5,8H,4,10H2,(H,13,14). The number of carbonyl (C=O) groups is 2. The second kappa shape index (κ2) is 4.48. The number of aromatic nitrogens is 1. The quantitative estimate of drug-likeness (QED) is 0.659. The van der Waals surface area contributed by atoms with Crippen LogP contribution in [0.1, 0.15) is 22.0 Å². The number of nitrogens with zero attached hydrogens (tertiary/aromatic N) is 1. The summed E-state index contributed by atoms with van der Waals surface area (Å²) in [5.41, 5.74) is 6.02. The van der Waals surface area contributed by atoms with E-state index in [0.29, 0.717) is 11.8 Å². The van der Waals surface area contributed by atoms with Crippen molar-refractivity contribution >= 4 is 12.3 Å². The maximum Gasteiger partial charge on any atom is 0.312 e. The normalized spacial score (nSPS) is 12.1. The van der Waals surface area contributed by atoms with Crippen molar-refractivity contribution < 1.29 is 14.7 Å². The first kappa shape index (κ1) is 10.3. The lowest BCUT2D eigenvalue weighted by atomic mass is 10.00. The van der Waals surface area contributed by atoms with Gasteiger partial charge >= 0.3 is 5.97 Å². The van der Waals surface area contributed by atoms with E-state index in [9.17, 15) is 9.59 Å². The van der Waals surface area contributed by atoms with Gasteiger partial charge in [0.25, 0.3) is 0 Å². The van der Waals surface area contributed by atoms with Gasteiger partial charge in [-0.05, 0) is 17.7 Å². The highest BCUT2D eigenvalue weighted by atomic mass is 16.4. The molecule has 74 valence electrons. The van der Waals surface area contributed by atoms with E-state index in [0.717, 1.165) is 0 Å². The van der Waals surface area contributed by atoms with E-state index in [-0.39, 0.29) is 12.2 Å². The van der Waals surface area contributed by atoms with E-state index in [2.05, 4.69) is 4.98 Å². The number of nitrogens with two attached hydrogens (primary N) is 1. The summed E-state index contributed by atoms with van der Waals surface area (Å²) in [6, 6.07) is 2.97. The molecule has 5 nitrogen and oxygen atoms in total. The number of hydrogen-bond acceptors (Lipinski definition) is 4. The van der Waals surface area contributed by atoms with E-state index >= 15 is 0 Å². The summed E-state index contributed by atoms with van der Waals surface area (Å²) in [6.07, 6.45) is 1.96. The fraction of sp³-hybridized carbons (Fsp3) is 0.222. The van der Waals surface area contributed by atoms with Crippen molar-refractivity contribution in [2.24, 2.45) is 5.73 Å². The summed E-state index contributed by atoms with van der Waals surface area (Å²) in [6.45, 7) is -0.00234. The monoisotopic (exact) mass is 194 g/mol. The van der Waals surface area contributed by atoms with Gasteiger partial charge in [0.15, 0.2) is 6.29 Å². The van der Waals surface area contributed by atoms with Crippen LogP contribution in [0.4, 0.5) is 0 Å². The highest BCUT2D eigenvalue weighted by molar-refractivity contribution is 5.78. The molecule has 1 rings (SSSR count). The molecule has 1 heterocycles. The van der Waals surface area contributed by atoms with E-state index in [4.69, 9.17) is 10.8 Å². The first-order valence-corrected chi connectivity index (χ1v) is 4.03. The van der Waals surface area contributed by atoms with Gasteiger partial charge in [0, 0.05) is 12.7 Å². The van der Waals surface area contributed by atoms with Crippen LogP contribution < -0.4 is 5.73 Å². The number of carboxylic acid groups (broad SMARTS) is 1. The minimum Gasteiger partial charge on any atom is -0.481 e. The molecule has 5 heteroatoms. The van der Waals surface area contributed by atoms with Crippen LogP contribution in [0.5, 0.6) is 0 Å². The molecule has 3 N–H and O–H groups in total. The molecule has 0 amide bonds. The molecule has 0 aliphatic carbocycles. The van der Waals surface area contributed by atoms with Crippen LogP contribution in [0, 0.1) is 0 Å². The van der Waals surface area contributed by atoms with Gasteiger partial charge in [-0.1, -0.05) is 0 Å². The molecule has 0 fully saturated rings. The van der Waals surface area contributed by atoms with E-state index < -0.39 is 11.9 Å². The van der Waals surface area contributed by atoms with Crippen molar-refractivity contribution in [2.75, 3.05) is 6.54 Å². The van der Waals surface area contributed by atoms with E-state index in [1.807, 2.05) is 0 Å². The summed E-state index contributed by atoms with van der Waals surface area (Å²) in [5.74, 6) is -1.78. The molecule has 1 aromatic rings. The molecule has 0 saturated carbocycles. The van der Waals surface area contributed by atoms with Gasteiger partial charge in [-0.3, -0.25) is 14.6 Å². The van der Waals surface area contributed by atoms with Gasteiger partial charge < -0.3 is 10.8 Å². The lowest BCUT2D eigenvalue weighted by molar-refractivity contribution is -0.138. The van der Waals surface area contributed by atoms with Gasteiger partial charge in [0.1, 0.15) is 5.69 Å². The first-order chi connectivity index (χ1) is 6.69. The topological polar surface area (TPSA) is 93.3 Å². The lowest BCUT2D eigenvalue weighted by Gasteiger charge is -2.09. The Hall–Kier alpha value is -1.75. The SMILES string of the molecule is NCC(C(=O)O)c1ccnc(C=O)c1. The molecule has 0 bridgehead atoms. The Morgan fingerprint density at radius 1 is 1.71 bits per heavy atom. The molecule has 0 aliphatic rings. The zero-order chi connectivity index (χ0) is 10.6. The average Bonchev–Trinajstić information content (AvgIpc) is 2.19. The second-order valence-electron chi connectivity index (χ2n) is 2.76. The summed E-state index contributed by atoms with van der Waals surface area (Å²) >= 11 is 0. The van der Waals surface area contributed by atoms with Crippen LogP contribution in [0.15, 0.2) is 18.3 Å². The summed E-state index contributed by atoms with van der Waals surface area (Å²) < 4.78 is 0. The minimum absolute atomic E-state index is 0.00234. The van der Waals surface area contributed by atoms with Crippen LogP contribution in [0.25, 0.3) is 0 Å². The number of pyridine rings is 1. The number of hydrogen-bond donors (Lipinski definition) is 2. The van der Waals surface area contributed by atoms with Crippen molar-refractivity contribution in [1.82, 2.24) is 4.98 Å². The predicted octanol–water partition coefficient (Wildman–Crippen LogP) is 0.0210. The third-order valence-corrected chi connectivity index (χ3v) is 1.86. The Morgan fingerprint density at radius 2 is 2.43 bits per heavy atom. The van der Waals surface area contributed by atoms with Crippen molar-refractivity contribution in [2.45, 2.75) is 5.92 Å². The van der Waals surface area contributed by atoms with E-state index in [1.54, 1.807) is 6.07 Å². The molecule has 0 aliphatic heterocycles. The molecule has 0 saturated heterocycles. The van der Waals surface area contributed by atoms with Gasteiger partial charge in [-0.15, -0.1) is 0 Å². The predicted molar refractivity (Wildman–Crippen MR) is 49.1 cm³/mol.